The van der Waals surface area contributed by atoms with Crippen molar-refractivity contribution in [3.8, 4) is 0 Å². The van der Waals surface area contributed by atoms with Crippen LogP contribution in [-0.4, -0.2) is 33.5 Å². The SMILES string of the molecule is CC1OCCC1C(=O)Cc1cn(C)nn1. The number of hydrogen-bond acceptors (Lipinski definition) is 4. The first-order chi connectivity index (χ1) is 7.16. The number of ketones is 1. The minimum absolute atomic E-state index is 0.0343. The average molecular weight is 209 g/mol. The third-order valence-electron chi connectivity index (χ3n) is 2.80. The first kappa shape index (κ1) is 10.3. The molecule has 1 aliphatic rings. The molecule has 2 heterocycles. The number of ether oxygens (including phenoxy) is 1. The van der Waals surface area contributed by atoms with E-state index in [-0.39, 0.29) is 17.8 Å². The van der Waals surface area contributed by atoms with E-state index in [1.807, 2.05) is 6.92 Å². The van der Waals surface area contributed by atoms with Gasteiger partial charge in [-0.05, 0) is 13.3 Å². The van der Waals surface area contributed by atoms with Crippen LogP contribution in [0.1, 0.15) is 19.0 Å². The molecule has 0 aliphatic carbocycles. The topological polar surface area (TPSA) is 57.0 Å². The summed E-state index contributed by atoms with van der Waals surface area (Å²) in [5.74, 6) is 0.243. The third kappa shape index (κ3) is 2.23. The lowest BCUT2D eigenvalue weighted by molar-refractivity contribution is -0.123. The Balaban J connectivity index is 1.97. The molecule has 0 bridgehead atoms. The van der Waals surface area contributed by atoms with Gasteiger partial charge in [-0.3, -0.25) is 9.48 Å². The molecule has 0 aromatic carbocycles. The van der Waals surface area contributed by atoms with Gasteiger partial charge in [0.05, 0.1) is 18.2 Å². The lowest BCUT2D eigenvalue weighted by Crippen LogP contribution is -2.23. The maximum atomic E-state index is 11.9. The minimum Gasteiger partial charge on any atom is -0.378 e. The number of rotatable bonds is 3. The van der Waals surface area contributed by atoms with E-state index in [0.29, 0.717) is 13.0 Å². The molecule has 15 heavy (non-hydrogen) atoms. The molecule has 2 atom stereocenters. The van der Waals surface area contributed by atoms with Crippen molar-refractivity contribution < 1.29 is 9.53 Å². The summed E-state index contributed by atoms with van der Waals surface area (Å²) < 4.78 is 6.98. The van der Waals surface area contributed by atoms with E-state index in [1.54, 1.807) is 17.9 Å². The molecule has 0 spiro atoms. The van der Waals surface area contributed by atoms with Crippen LogP contribution in [0.5, 0.6) is 0 Å². The van der Waals surface area contributed by atoms with E-state index in [9.17, 15) is 4.79 Å². The third-order valence-corrected chi connectivity index (χ3v) is 2.80. The quantitative estimate of drug-likeness (QED) is 0.721. The summed E-state index contributed by atoms with van der Waals surface area (Å²) >= 11 is 0. The van der Waals surface area contributed by atoms with Gasteiger partial charge in [0, 0.05) is 25.8 Å². The summed E-state index contributed by atoms with van der Waals surface area (Å²) in [5.41, 5.74) is 0.738. The molecule has 1 fully saturated rings. The zero-order chi connectivity index (χ0) is 10.8. The Morgan fingerprint density at radius 2 is 2.53 bits per heavy atom. The first-order valence-electron chi connectivity index (χ1n) is 5.16. The Morgan fingerprint density at radius 1 is 1.73 bits per heavy atom. The Labute approximate surface area is 88.4 Å². The van der Waals surface area contributed by atoms with Crippen LogP contribution in [0.2, 0.25) is 0 Å². The molecule has 1 saturated heterocycles. The Bertz CT molecular complexity index is 361. The predicted molar refractivity (Wildman–Crippen MR) is 53.2 cm³/mol. The van der Waals surface area contributed by atoms with Crippen LogP contribution in [0, 0.1) is 5.92 Å². The van der Waals surface area contributed by atoms with Crippen molar-refractivity contribution in [1.29, 1.82) is 0 Å². The predicted octanol–water partition coefficient (Wildman–Crippen LogP) is 0.352. The van der Waals surface area contributed by atoms with E-state index in [4.69, 9.17) is 4.74 Å². The van der Waals surface area contributed by atoms with Crippen molar-refractivity contribution >= 4 is 5.78 Å². The highest BCUT2D eigenvalue weighted by molar-refractivity contribution is 5.83. The van der Waals surface area contributed by atoms with Crippen molar-refractivity contribution in [2.45, 2.75) is 25.9 Å². The van der Waals surface area contributed by atoms with Crippen molar-refractivity contribution in [2.24, 2.45) is 13.0 Å². The smallest absolute Gasteiger partial charge is 0.144 e. The van der Waals surface area contributed by atoms with Crippen LogP contribution < -0.4 is 0 Å². The Kier molecular flexibility index (Phi) is 2.81. The highest BCUT2D eigenvalue weighted by Gasteiger charge is 2.30. The molecule has 0 radical (unpaired) electrons. The number of hydrogen-bond donors (Lipinski definition) is 0. The van der Waals surface area contributed by atoms with Gasteiger partial charge in [-0.15, -0.1) is 5.10 Å². The minimum atomic E-state index is 0.0343. The monoisotopic (exact) mass is 209 g/mol. The molecular weight excluding hydrogens is 194 g/mol. The fourth-order valence-electron chi connectivity index (χ4n) is 1.94. The summed E-state index contributed by atoms with van der Waals surface area (Å²) in [7, 11) is 1.79. The fourth-order valence-corrected chi connectivity index (χ4v) is 1.94. The molecule has 0 amide bonds. The van der Waals surface area contributed by atoms with Crippen LogP contribution in [0.25, 0.3) is 0 Å². The number of Topliss-reactive ketones (excluding diaryl/α,β-unsaturated/α-hetero) is 1. The van der Waals surface area contributed by atoms with Gasteiger partial charge in [-0.1, -0.05) is 5.21 Å². The van der Waals surface area contributed by atoms with Gasteiger partial charge in [0.25, 0.3) is 0 Å². The summed E-state index contributed by atoms with van der Waals surface area (Å²) in [4.78, 5) is 11.9. The number of aromatic nitrogens is 3. The van der Waals surface area contributed by atoms with Gasteiger partial charge in [0.1, 0.15) is 5.78 Å². The molecular formula is C10H15N3O2. The summed E-state index contributed by atoms with van der Waals surface area (Å²) in [6.07, 6.45) is 3.03. The van der Waals surface area contributed by atoms with Crippen LogP contribution in [-0.2, 0) is 23.0 Å². The summed E-state index contributed by atoms with van der Waals surface area (Å²) in [6, 6.07) is 0. The van der Waals surface area contributed by atoms with Crippen LogP contribution in [0.3, 0.4) is 0 Å². The van der Waals surface area contributed by atoms with Crippen LogP contribution >= 0.6 is 0 Å². The van der Waals surface area contributed by atoms with E-state index in [2.05, 4.69) is 10.3 Å². The second kappa shape index (κ2) is 4.10. The van der Waals surface area contributed by atoms with Gasteiger partial charge in [-0.25, -0.2) is 0 Å². The molecule has 1 aliphatic heterocycles. The number of nitrogens with zero attached hydrogens (tertiary/aromatic N) is 3. The second-order valence-electron chi connectivity index (χ2n) is 4.00. The van der Waals surface area contributed by atoms with Gasteiger partial charge in [0.15, 0.2) is 0 Å². The van der Waals surface area contributed by atoms with Crippen molar-refractivity contribution in [3.63, 3.8) is 0 Å². The van der Waals surface area contributed by atoms with Crippen LogP contribution in [0.15, 0.2) is 6.20 Å². The number of carbonyl (C=O) groups is 1. The molecule has 2 rings (SSSR count). The molecule has 5 heteroatoms. The molecule has 2 unspecified atom stereocenters. The van der Waals surface area contributed by atoms with Crippen molar-refractivity contribution in [3.05, 3.63) is 11.9 Å². The van der Waals surface area contributed by atoms with Gasteiger partial charge in [-0.2, -0.15) is 0 Å². The highest BCUT2D eigenvalue weighted by Crippen LogP contribution is 2.22. The Morgan fingerprint density at radius 3 is 3.07 bits per heavy atom. The standard InChI is InChI=1S/C10H15N3O2/c1-7-9(3-4-15-7)10(14)5-8-6-13(2)12-11-8/h6-7,9H,3-5H2,1-2H3. The molecule has 82 valence electrons. The lowest BCUT2D eigenvalue weighted by Gasteiger charge is -2.11. The van der Waals surface area contributed by atoms with E-state index in [0.717, 1.165) is 12.1 Å². The van der Waals surface area contributed by atoms with Crippen molar-refractivity contribution in [2.75, 3.05) is 6.61 Å². The average Bonchev–Trinajstić information content (AvgIpc) is 2.75. The summed E-state index contributed by atoms with van der Waals surface area (Å²) in [5, 5.41) is 7.70. The second-order valence-corrected chi connectivity index (χ2v) is 4.00. The first-order valence-corrected chi connectivity index (χ1v) is 5.16. The van der Waals surface area contributed by atoms with E-state index in [1.165, 1.54) is 0 Å². The number of carbonyl (C=O) groups excluding carboxylic acids is 1. The molecule has 5 nitrogen and oxygen atoms in total. The fraction of sp³-hybridized carbons (Fsp3) is 0.700. The van der Waals surface area contributed by atoms with Gasteiger partial charge >= 0.3 is 0 Å². The zero-order valence-corrected chi connectivity index (χ0v) is 9.01. The summed E-state index contributed by atoms with van der Waals surface area (Å²) in [6.45, 7) is 2.64. The maximum absolute atomic E-state index is 11.9. The molecule has 0 saturated carbocycles. The normalized spacial score (nSPS) is 25.7. The van der Waals surface area contributed by atoms with Crippen LogP contribution in [0.4, 0.5) is 0 Å². The van der Waals surface area contributed by atoms with E-state index < -0.39 is 0 Å². The number of aryl methyl sites for hydroxylation is 1. The highest BCUT2D eigenvalue weighted by atomic mass is 16.5. The largest absolute Gasteiger partial charge is 0.378 e. The van der Waals surface area contributed by atoms with Crippen molar-refractivity contribution in [1.82, 2.24) is 15.0 Å². The van der Waals surface area contributed by atoms with Gasteiger partial charge < -0.3 is 4.74 Å². The zero-order valence-electron chi connectivity index (χ0n) is 9.01. The maximum Gasteiger partial charge on any atom is 0.144 e. The Hall–Kier alpha value is -1.23. The molecule has 1 aromatic rings. The molecule has 0 N–H and O–H groups in total. The lowest BCUT2D eigenvalue weighted by atomic mass is 9.95. The van der Waals surface area contributed by atoms with Gasteiger partial charge in [0.2, 0.25) is 0 Å². The van der Waals surface area contributed by atoms with E-state index >= 15 is 0 Å². The molecule has 1 aromatic heterocycles.